The number of hydrogen-bond donors (Lipinski definition) is 0. The molecule has 0 N–H and O–H groups in total. The number of amides is 1. The van der Waals surface area contributed by atoms with Crippen molar-refractivity contribution in [2.45, 2.75) is 39.3 Å². The van der Waals surface area contributed by atoms with E-state index in [1.54, 1.807) is 19.0 Å². The van der Waals surface area contributed by atoms with Crippen LogP contribution in [0.3, 0.4) is 0 Å². The molecule has 0 unspecified atom stereocenters. The average Bonchev–Trinajstić information content (AvgIpc) is 2.93. The van der Waals surface area contributed by atoms with Crippen LogP contribution in [0.5, 0.6) is 0 Å². The van der Waals surface area contributed by atoms with E-state index in [0.29, 0.717) is 0 Å². The number of carbonyl (C=O) groups is 1. The Kier molecular flexibility index (Phi) is 4.19. The summed E-state index contributed by atoms with van der Waals surface area (Å²) in [6.07, 6.45) is 2.24. The third kappa shape index (κ3) is 2.69. The molecular weight excluding hydrogens is 298 g/mol. The Morgan fingerprint density at radius 2 is 1.87 bits per heavy atom. The fourth-order valence-corrected chi connectivity index (χ4v) is 2.34. The molecule has 8 heteroatoms. The number of carbonyl (C=O) groups excluding carboxylic acids is 1. The molecule has 0 atom stereocenters. The normalized spacial score (nSPS) is 11.9. The maximum Gasteiger partial charge on any atom is 0.332 e. The minimum Gasteiger partial charge on any atom is -0.339 e. The smallest absolute Gasteiger partial charge is 0.332 e. The van der Waals surface area contributed by atoms with Gasteiger partial charge >= 0.3 is 5.69 Å². The number of hydrogen-bond acceptors (Lipinski definition) is 4. The van der Waals surface area contributed by atoms with Gasteiger partial charge in [-0.05, 0) is 20.3 Å². The monoisotopic (exact) mass is 321 g/mol. The maximum atomic E-state index is 12.5. The first-order valence-electron chi connectivity index (χ1n) is 7.49. The fourth-order valence-electron chi connectivity index (χ4n) is 2.34. The van der Waals surface area contributed by atoms with Crippen molar-refractivity contribution < 1.29 is 4.79 Å². The minimum absolute atomic E-state index is 0.00384. The molecule has 0 aromatic carbocycles. The summed E-state index contributed by atoms with van der Waals surface area (Å²) in [6, 6.07) is 0. The summed E-state index contributed by atoms with van der Waals surface area (Å²) in [5.41, 5.74) is -0.631. The highest BCUT2D eigenvalue weighted by Crippen LogP contribution is 2.17. The first-order valence-corrected chi connectivity index (χ1v) is 7.49. The number of nitrogens with zero attached hydrogens (tertiary/aromatic N) is 5. The molecule has 0 aliphatic carbocycles. The second-order valence-corrected chi connectivity index (χ2v) is 6.37. The minimum atomic E-state index is -0.453. The number of fused-ring (bicyclic) bond motifs is 1. The molecular formula is C15H23N5O3. The van der Waals surface area contributed by atoms with Gasteiger partial charge in [0.1, 0.15) is 6.54 Å². The van der Waals surface area contributed by atoms with Crippen LogP contribution in [0.15, 0.2) is 15.9 Å². The molecule has 2 rings (SSSR count). The number of rotatable bonds is 4. The van der Waals surface area contributed by atoms with Gasteiger partial charge in [-0.2, -0.15) is 0 Å². The van der Waals surface area contributed by atoms with Gasteiger partial charge in [-0.3, -0.25) is 18.7 Å². The summed E-state index contributed by atoms with van der Waals surface area (Å²) in [5, 5.41) is 0. The van der Waals surface area contributed by atoms with Gasteiger partial charge < -0.3 is 9.47 Å². The molecule has 0 saturated carbocycles. The molecule has 0 fully saturated rings. The second kappa shape index (κ2) is 5.68. The Hall–Kier alpha value is -2.38. The van der Waals surface area contributed by atoms with E-state index in [4.69, 9.17) is 0 Å². The summed E-state index contributed by atoms with van der Waals surface area (Å²) in [7, 11) is 4.71. The van der Waals surface area contributed by atoms with Crippen molar-refractivity contribution in [3.05, 3.63) is 27.2 Å². The number of imidazole rings is 1. The first-order chi connectivity index (χ1) is 10.6. The van der Waals surface area contributed by atoms with Gasteiger partial charge in [-0.1, -0.05) is 6.92 Å². The summed E-state index contributed by atoms with van der Waals surface area (Å²) >= 11 is 0. The van der Waals surface area contributed by atoms with Gasteiger partial charge in [0.2, 0.25) is 5.91 Å². The Bertz CT molecular complexity index is 872. The van der Waals surface area contributed by atoms with Gasteiger partial charge in [-0.25, -0.2) is 9.78 Å². The van der Waals surface area contributed by atoms with Gasteiger partial charge in [0.25, 0.3) is 5.56 Å². The van der Waals surface area contributed by atoms with Crippen LogP contribution < -0.4 is 11.2 Å². The third-order valence-electron chi connectivity index (χ3n) is 4.67. The lowest BCUT2D eigenvalue weighted by Crippen LogP contribution is -2.46. The zero-order valence-corrected chi connectivity index (χ0v) is 14.5. The van der Waals surface area contributed by atoms with Gasteiger partial charge in [0.15, 0.2) is 11.2 Å². The van der Waals surface area contributed by atoms with Crippen molar-refractivity contribution in [3.63, 3.8) is 0 Å². The largest absolute Gasteiger partial charge is 0.339 e. The Morgan fingerprint density at radius 1 is 1.26 bits per heavy atom. The van der Waals surface area contributed by atoms with Gasteiger partial charge in [-0.15, -0.1) is 0 Å². The molecule has 2 aromatic rings. The summed E-state index contributed by atoms with van der Waals surface area (Å²) in [4.78, 5) is 42.6. The van der Waals surface area contributed by atoms with E-state index in [2.05, 4.69) is 4.98 Å². The molecule has 0 bridgehead atoms. The summed E-state index contributed by atoms with van der Waals surface area (Å²) < 4.78 is 3.82. The van der Waals surface area contributed by atoms with Crippen LogP contribution in [0.1, 0.15) is 27.2 Å². The predicted octanol–water partition coefficient (Wildman–Crippen LogP) is 0.0807. The van der Waals surface area contributed by atoms with Crippen molar-refractivity contribution in [2.24, 2.45) is 14.1 Å². The number of likely N-dealkylation sites (N-methyl/N-ethyl adjacent to an activating group) is 1. The van der Waals surface area contributed by atoms with Crippen molar-refractivity contribution in [1.29, 1.82) is 0 Å². The Labute approximate surface area is 134 Å². The molecule has 2 aromatic heterocycles. The standard InChI is InChI=1S/C15H23N5O3/c1-7-15(2,3)19(6)10(21)8-20-9-16-12-11(20)13(22)18(5)14(23)17(12)4/h9H,7-8H2,1-6H3. The van der Waals surface area contributed by atoms with E-state index in [1.807, 2.05) is 20.8 Å². The average molecular weight is 321 g/mol. The molecule has 1 amide bonds. The fraction of sp³-hybridized carbons (Fsp3) is 0.600. The third-order valence-corrected chi connectivity index (χ3v) is 4.67. The Balaban J connectivity index is 2.49. The van der Waals surface area contributed by atoms with E-state index >= 15 is 0 Å². The lowest BCUT2D eigenvalue weighted by Gasteiger charge is -2.35. The van der Waals surface area contributed by atoms with E-state index in [9.17, 15) is 14.4 Å². The molecule has 23 heavy (non-hydrogen) atoms. The highest BCUT2D eigenvalue weighted by Gasteiger charge is 2.26. The zero-order chi connectivity index (χ0) is 17.5. The molecule has 0 spiro atoms. The van der Waals surface area contributed by atoms with E-state index < -0.39 is 11.2 Å². The van der Waals surface area contributed by atoms with Crippen LogP contribution in [0.25, 0.3) is 11.2 Å². The maximum absolute atomic E-state index is 12.5. The number of aryl methyl sites for hydroxylation is 1. The van der Waals surface area contributed by atoms with Crippen LogP contribution in [0.2, 0.25) is 0 Å². The first kappa shape index (κ1) is 17.0. The second-order valence-electron chi connectivity index (χ2n) is 6.37. The van der Waals surface area contributed by atoms with Crippen LogP contribution in [0, 0.1) is 0 Å². The Morgan fingerprint density at radius 3 is 2.43 bits per heavy atom. The molecule has 126 valence electrons. The van der Waals surface area contributed by atoms with Crippen LogP contribution >= 0.6 is 0 Å². The van der Waals surface area contributed by atoms with Crippen LogP contribution in [0.4, 0.5) is 0 Å². The lowest BCUT2D eigenvalue weighted by atomic mass is 10.00. The topological polar surface area (TPSA) is 82.1 Å². The van der Waals surface area contributed by atoms with E-state index in [1.165, 1.54) is 22.5 Å². The lowest BCUT2D eigenvalue weighted by molar-refractivity contribution is -0.135. The molecule has 8 nitrogen and oxygen atoms in total. The van der Waals surface area contributed by atoms with Gasteiger partial charge in [0.05, 0.1) is 6.33 Å². The van der Waals surface area contributed by atoms with Crippen molar-refractivity contribution in [3.8, 4) is 0 Å². The summed E-state index contributed by atoms with van der Waals surface area (Å²) in [5.74, 6) is -0.118. The quantitative estimate of drug-likeness (QED) is 0.798. The molecule has 2 heterocycles. The van der Waals surface area contributed by atoms with Crippen molar-refractivity contribution >= 4 is 17.1 Å². The highest BCUT2D eigenvalue weighted by molar-refractivity contribution is 5.79. The molecule has 0 aliphatic rings. The zero-order valence-electron chi connectivity index (χ0n) is 14.5. The molecule has 0 saturated heterocycles. The predicted molar refractivity (Wildman–Crippen MR) is 87.4 cm³/mol. The van der Waals surface area contributed by atoms with Crippen LogP contribution in [-0.2, 0) is 25.4 Å². The van der Waals surface area contributed by atoms with Gasteiger partial charge in [0, 0.05) is 26.7 Å². The van der Waals surface area contributed by atoms with Crippen LogP contribution in [-0.4, -0.2) is 42.1 Å². The highest BCUT2D eigenvalue weighted by atomic mass is 16.2. The number of aromatic nitrogens is 4. The van der Waals surface area contributed by atoms with E-state index in [-0.39, 0.29) is 29.2 Å². The summed E-state index contributed by atoms with van der Waals surface area (Å²) in [6.45, 7) is 5.99. The molecule has 0 radical (unpaired) electrons. The van der Waals surface area contributed by atoms with E-state index in [0.717, 1.165) is 11.0 Å². The molecule has 0 aliphatic heterocycles. The van der Waals surface area contributed by atoms with Crippen molar-refractivity contribution in [1.82, 2.24) is 23.6 Å². The van der Waals surface area contributed by atoms with Crippen molar-refractivity contribution in [2.75, 3.05) is 7.05 Å². The SMILES string of the molecule is CCC(C)(C)N(C)C(=O)Cn1cnc2c1c(=O)n(C)c(=O)n2C.